The van der Waals surface area contributed by atoms with Crippen molar-refractivity contribution < 1.29 is 9.53 Å². The summed E-state index contributed by atoms with van der Waals surface area (Å²) < 4.78 is 8.87. The molecule has 0 atom stereocenters. The van der Waals surface area contributed by atoms with Gasteiger partial charge in [0.25, 0.3) is 11.5 Å². The van der Waals surface area contributed by atoms with Crippen LogP contribution in [0, 0.1) is 0 Å². The van der Waals surface area contributed by atoms with Crippen LogP contribution in [0.3, 0.4) is 0 Å². The zero-order valence-electron chi connectivity index (χ0n) is 19.6. The number of carbonyl (C=O) groups is 1. The molecule has 3 aromatic carbocycles. The molecule has 36 heavy (non-hydrogen) atoms. The highest BCUT2D eigenvalue weighted by Gasteiger charge is 2.17. The van der Waals surface area contributed by atoms with E-state index in [1.54, 1.807) is 16.8 Å². The average Bonchev–Trinajstić information content (AvgIpc) is 3.30. The van der Waals surface area contributed by atoms with Gasteiger partial charge in [0.15, 0.2) is 5.65 Å². The predicted molar refractivity (Wildman–Crippen MR) is 140 cm³/mol. The van der Waals surface area contributed by atoms with Gasteiger partial charge in [-0.3, -0.25) is 14.2 Å². The highest BCUT2D eigenvalue weighted by atomic mass is 35.5. The topological polar surface area (TPSA) is 91.0 Å². The second-order valence-electron chi connectivity index (χ2n) is 8.26. The first kappa shape index (κ1) is 23.6. The Kier molecular flexibility index (Phi) is 6.69. The fourth-order valence-electron chi connectivity index (χ4n) is 4.19. The van der Waals surface area contributed by atoms with E-state index < -0.39 is 0 Å². The van der Waals surface area contributed by atoms with Crippen LogP contribution in [0.25, 0.3) is 21.8 Å². The molecule has 1 N–H and O–H groups in total. The van der Waals surface area contributed by atoms with Crippen LogP contribution in [0.1, 0.15) is 22.8 Å². The van der Waals surface area contributed by atoms with Crippen LogP contribution >= 0.6 is 11.6 Å². The minimum Gasteiger partial charge on any atom is -0.493 e. The molecule has 0 saturated carbocycles. The molecule has 0 spiro atoms. The van der Waals surface area contributed by atoms with E-state index in [2.05, 4.69) is 15.4 Å². The number of amides is 1. The van der Waals surface area contributed by atoms with Gasteiger partial charge in [-0.2, -0.15) is 5.10 Å². The van der Waals surface area contributed by atoms with Crippen LogP contribution in [0.5, 0.6) is 5.75 Å². The minimum atomic E-state index is -0.231. The maximum absolute atomic E-state index is 13.1. The van der Waals surface area contributed by atoms with Gasteiger partial charge in [-0.15, -0.1) is 0 Å². The van der Waals surface area contributed by atoms with Gasteiger partial charge in [-0.25, -0.2) is 9.67 Å². The summed E-state index contributed by atoms with van der Waals surface area (Å²) in [5, 5.41) is 10.1. The Morgan fingerprint density at radius 3 is 2.67 bits per heavy atom. The third-order valence-corrected chi connectivity index (χ3v) is 6.17. The summed E-state index contributed by atoms with van der Waals surface area (Å²) in [5.74, 6) is 0.311. The maximum Gasteiger partial charge on any atom is 0.264 e. The molecule has 0 fully saturated rings. The number of nitrogens with one attached hydrogen (secondary N) is 1. The van der Waals surface area contributed by atoms with Crippen LogP contribution in [-0.4, -0.2) is 38.4 Å². The van der Waals surface area contributed by atoms with E-state index in [0.717, 1.165) is 16.3 Å². The fourth-order valence-corrected chi connectivity index (χ4v) is 4.31. The zero-order chi connectivity index (χ0) is 25.1. The Morgan fingerprint density at radius 1 is 1.06 bits per heavy atom. The minimum absolute atomic E-state index is 0.178. The molecule has 0 bridgehead atoms. The standard InChI is InChI=1S/C27H24ClN5O3/c1-2-36-23-12-9-19-5-3-4-6-21(19)24(23)26(34)29-13-14-33-25-22(15-31-33)27(35)32(17-30-25)16-18-7-10-20(28)11-8-18/h3-12,15,17H,2,13-14,16H2,1H3,(H,29,34). The number of ether oxygens (including phenoxy) is 1. The van der Waals surface area contributed by atoms with E-state index in [1.807, 2.05) is 55.5 Å². The second kappa shape index (κ2) is 10.2. The van der Waals surface area contributed by atoms with Crippen molar-refractivity contribution in [2.45, 2.75) is 20.0 Å². The normalized spacial score (nSPS) is 11.2. The van der Waals surface area contributed by atoms with Crippen molar-refractivity contribution in [3.05, 3.63) is 99.7 Å². The number of fused-ring (bicyclic) bond motifs is 2. The quantitative estimate of drug-likeness (QED) is 0.343. The van der Waals surface area contributed by atoms with Crippen LogP contribution in [-0.2, 0) is 13.1 Å². The van der Waals surface area contributed by atoms with Gasteiger partial charge in [0.05, 0.1) is 31.5 Å². The summed E-state index contributed by atoms with van der Waals surface area (Å²) in [6, 6.07) is 18.8. The molecule has 0 radical (unpaired) electrons. The summed E-state index contributed by atoms with van der Waals surface area (Å²) >= 11 is 5.95. The van der Waals surface area contributed by atoms with Gasteiger partial charge in [0.2, 0.25) is 0 Å². The van der Waals surface area contributed by atoms with Gasteiger partial charge in [0.1, 0.15) is 17.5 Å². The molecule has 0 aliphatic rings. The van der Waals surface area contributed by atoms with Gasteiger partial charge < -0.3 is 10.1 Å². The Labute approximate surface area is 212 Å². The van der Waals surface area contributed by atoms with Gasteiger partial charge in [-0.1, -0.05) is 54.1 Å². The molecule has 5 aromatic rings. The lowest BCUT2D eigenvalue weighted by Crippen LogP contribution is -2.28. The summed E-state index contributed by atoms with van der Waals surface area (Å²) in [7, 11) is 0. The second-order valence-corrected chi connectivity index (χ2v) is 8.69. The van der Waals surface area contributed by atoms with Crippen molar-refractivity contribution in [1.82, 2.24) is 24.6 Å². The van der Waals surface area contributed by atoms with Crippen molar-refractivity contribution in [2.75, 3.05) is 13.2 Å². The molecule has 0 aliphatic heterocycles. The molecular formula is C27H24ClN5O3. The number of rotatable bonds is 8. The van der Waals surface area contributed by atoms with E-state index in [1.165, 1.54) is 17.1 Å². The van der Waals surface area contributed by atoms with Crippen molar-refractivity contribution >= 4 is 39.3 Å². The van der Waals surface area contributed by atoms with Crippen LogP contribution < -0.4 is 15.6 Å². The number of aromatic nitrogens is 4. The van der Waals surface area contributed by atoms with Crippen LogP contribution in [0.4, 0.5) is 0 Å². The smallest absolute Gasteiger partial charge is 0.264 e. The fraction of sp³-hybridized carbons (Fsp3) is 0.185. The van der Waals surface area contributed by atoms with Crippen molar-refractivity contribution in [3.63, 3.8) is 0 Å². The Bertz CT molecular complexity index is 1610. The molecule has 2 heterocycles. The summed E-state index contributed by atoms with van der Waals surface area (Å²) in [4.78, 5) is 30.6. The number of hydrogen-bond acceptors (Lipinski definition) is 5. The number of halogens is 1. The number of hydrogen-bond donors (Lipinski definition) is 1. The highest BCUT2D eigenvalue weighted by Crippen LogP contribution is 2.28. The van der Waals surface area contributed by atoms with Crippen molar-refractivity contribution in [2.24, 2.45) is 0 Å². The van der Waals surface area contributed by atoms with Gasteiger partial charge in [0, 0.05) is 11.6 Å². The third kappa shape index (κ3) is 4.67. The van der Waals surface area contributed by atoms with Crippen LogP contribution in [0.2, 0.25) is 5.02 Å². The highest BCUT2D eigenvalue weighted by molar-refractivity contribution is 6.30. The van der Waals surface area contributed by atoms with E-state index in [-0.39, 0.29) is 11.5 Å². The van der Waals surface area contributed by atoms with Crippen molar-refractivity contribution in [1.29, 1.82) is 0 Å². The SMILES string of the molecule is CCOc1ccc2ccccc2c1C(=O)NCCn1ncc2c(=O)n(Cc3ccc(Cl)cc3)cnc21. The van der Waals surface area contributed by atoms with E-state index in [4.69, 9.17) is 16.3 Å². The first-order chi connectivity index (χ1) is 17.5. The average molecular weight is 502 g/mol. The first-order valence-corrected chi connectivity index (χ1v) is 12.0. The largest absolute Gasteiger partial charge is 0.493 e. The molecule has 1 amide bonds. The lowest BCUT2D eigenvalue weighted by atomic mass is 10.0. The monoisotopic (exact) mass is 501 g/mol. The molecule has 0 unspecified atom stereocenters. The van der Waals surface area contributed by atoms with E-state index in [9.17, 15) is 9.59 Å². The summed E-state index contributed by atoms with van der Waals surface area (Å²) in [6.45, 7) is 3.39. The van der Waals surface area contributed by atoms with E-state index >= 15 is 0 Å². The summed E-state index contributed by atoms with van der Waals surface area (Å²) in [6.07, 6.45) is 3.03. The Morgan fingerprint density at radius 2 is 1.86 bits per heavy atom. The maximum atomic E-state index is 13.1. The Hall–Kier alpha value is -4.17. The Balaban J connectivity index is 1.32. The summed E-state index contributed by atoms with van der Waals surface area (Å²) in [5.41, 5.74) is 1.74. The number of benzene rings is 3. The molecule has 182 valence electrons. The molecular weight excluding hydrogens is 478 g/mol. The lowest BCUT2D eigenvalue weighted by molar-refractivity contribution is 0.0950. The van der Waals surface area contributed by atoms with Gasteiger partial charge >= 0.3 is 0 Å². The van der Waals surface area contributed by atoms with Crippen LogP contribution in [0.15, 0.2) is 78.0 Å². The number of nitrogens with zero attached hydrogens (tertiary/aromatic N) is 4. The molecule has 8 nitrogen and oxygen atoms in total. The number of carbonyl (C=O) groups excluding carboxylic acids is 1. The van der Waals surface area contributed by atoms with Crippen molar-refractivity contribution in [3.8, 4) is 5.75 Å². The van der Waals surface area contributed by atoms with Gasteiger partial charge in [-0.05, 0) is 41.5 Å². The molecule has 9 heteroatoms. The molecule has 0 saturated heterocycles. The lowest BCUT2D eigenvalue weighted by Gasteiger charge is -2.13. The molecule has 5 rings (SSSR count). The third-order valence-electron chi connectivity index (χ3n) is 5.92. The van der Waals surface area contributed by atoms with E-state index in [0.29, 0.717) is 53.6 Å². The molecule has 2 aromatic heterocycles. The first-order valence-electron chi connectivity index (χ1n) is 11.6. The molecule has 0 aliphatic carbocycles. The predicted octanol–water partition coefficient (Wildman–Crippen LogP) is 4.28. The zero-order valence-corrected chi connectivity index (χ0v) is 20.4.